The largest absolute Gasteiger partial charge is 0.422 e. The van der Waals surface area contributed by atoms with Crippen LogP contribution in [0.3, 0.4) is 0 Å². The number of alkyl halides is 3. The minimum atomic E-state index is -4.94. The smallest absolute Gasteiger partial charge is 0.418 e. The number of carbonyl (C=O) groups is 1. The summed E-state index contributed by atoms with van der Waals surface area (Å²) in [5.74, 6) is -2.86. The molecule has 11 heteroatoms. The van der Waals surface area contributed by atoms with Crippen molar-refractivity contribution in [2.75, 3.05) is 5.32 Å². The van der Waals surface area contributed by atoms with Gasteiger partial charge in [-0.15, -0.1) is 0 Å². The molecule has 1 heterocycles. The molecule has 0 aliphatic heterocycles. The van der Waals surface area contributed by atoms with E-state index in [0.717, 1.165) is 18.2 Å². The van der Waals surface area contributed by atoms with Gasteiger partial charge in [0.1, 0.15) is 17.2 Å². The molecule has 0 saturated heterocycles. The Balaban J connectivity index is 1.85. The van der Waals surface area contributed by atoms with Gasteiger partial charge in [0.2, 0.25) is 5.91 Å². The molecule has 186 valence electrons. The molecule has 0 unspecified atom stereocenters. The van der Waals surface area contributed by atoms with Crippen LogP contribution in [0.4, 0.5) is 27.6 Å². The minimum absolute atomic E-state index is 0.0769. The van der Waals surface area contributed by atoms with Crippen LogP contribution in [0.1, 0.15) is 16.7 Å². The van der Waals surface area contributed by atoms with E-state index in [9.17, 15) is 31.5 Å². The Morgan fingerprint density at radius 3 is 2.39 bits per heavy atom. The number of halogens is 7. The Morgan fingerprint density at radius 1 is 1.00 bits per heavy atom. The molecule has 1 amide bonds. The number of nitrogens with one attached hydrogen (secondary N) is 1. The highest BCUT2D eigenvalue weighted by Crippen LogP contribution is 2.37. The van der Waals surface area contributed by atoms with Crippen molar-refractivity contribution in [2.45, 2.75) is 19.5 Å². The topological polar surface area (TPSA) is 59.3 Å². The summed E-state index contributed by atoms with van der Waals surface area (Å²) in [6, 6.07) is 8.42. The van der Waals surface area contributed by atoms with E-state index < -0.39 is 47.0 Å². The maximum absolute atomic E-state index is 13.8. The number of fused-ring (bicyclic) bond motifs is 1. The predicted molar refractivity (Wildman–Crippen MR) is 126 cm³/mol. The molecule has 4 rings (SSSR count). The normalized spacial score (nSPS) is 11.7. The highest BCUT2D eigenvalue weighted by Gasteiger charge is 2.34. The van der Waals surface area contributed by atoms with Crippen LogP contribution in [0, 0.1) is 18.6 Å². The van der Waals surface area contributed by atoms with Gasteiger partial charge in [-0.2, -0.15) is 13.2 Å². The molecule has 1 N–H and O–H groups in total. The molecule has 0 bridgehead atoms. The lowest BCUT2D eigenvalue weighted by Gasteiger charge is -2.16. The van der Waals surface area contributed by atoms with Crippen molar-refractivity contribution in [1.29, 1.82) is 0 Å². The summed E-state index contributed by atoms with van der Waals surface area (Å²) in [6.45, 7) is 1.69. The molecule has 36 heavy (non-hydrogen) atoms. The molecule has 4 nitrogen and oxygen atoms in total. The molecule has 0 aliphatic rings. The molecule has 0 aliphatic carbocycles. The van der Waals surface area contributed by atoms with Gasteiger partial charge in [0, 0.05) is 22.0 Å². The van der Waals surface area contributed by atoms with E-state index in [1.165, 1.54) is 18.2 Å². The van der Waals surface area contributed by atoms with Crippen molar-refractivity contribution in [3.05, 3.63) is 97.3 Å². The number of hydrogen-bond donors (Lipinski definition) is 1. The summed E-state index contributed by atoms with van der Waals surface area (Å²) in [5.41, 5.74) is -2.12. The lowest BCUT2D eigenvalue weighted by atomic mass is 9.94. The highest BCUT2D eigenvalue weighted by atomic mass is 35.5. The summed E-state index contributed by atoms with van der Waals surface area (Å²) in [4.78, 5) is 25.7. The van der Waals surface area contributed by atoms with E-state index in [0.29, 0.717) is 16.0 Å². The fourth-order valence-corrected chi connectivity index (χ4v) is 4.06. The summed E-state index contributed by atoms with van der Waals surface area (Å²) >= 11 is 12.1. The molecule has 0 spiro atoms. The molecular weight excluding hydrogens is 528 g/mol. The van der Waals surface area contributed by atoms with Crippen molar-refractivity contribution >= 4 is 45.8 Å². The monoisotopic (exact) mass is 541 g/mol. The number of rotatable bonds is 4. The summed E-state index contributed by atoms with van der Waals surface area (Å²) < 4.78 is 72.6. The minimum Gasteiger partial charge on any atom is -0.422 e. The fraction of sp³-hybridized carbons (Fsp3) is 0.120. The van der Waals surface area contributed by atoms with Crippen molar-refractivity contribution in [3.8, 4) is 11.1 Å². The van der Waals surface area contributed by atoms with Crippen LogP contribution >= 0.6 is 23.2 Å². The average molecular weight is 542 g/mol. The van der Waals surface area contributed by atoms with Crippen molar-refractivity contribution < 1.29 is 31.2 Å². The molecule has 4 aromatic rings. The van der Waals surface area contributed by atoms with Crippen molar-refractivity contribution in [3.63, 3.8) is 0 Å². The van der Waals surface area contributed by atoms with Gasteiger partial charge in [-0.1, -0.05) is 29.3 Å². The van der Waals surface area contributed by atoms with Crippen LogP contribution in [0.15, 0.2) is 57.7 Å². The summed E-state index contributed by atoms with van der Waals surface area (Å²) in [5, 5.41) is 2.47. The van der Waals surface area contributed by atoms with E-state index in [2.05, 4.69) is 5.32 Å². The van der Waals surface area contributed by atoms with Gasteiger partial charge in [0.05, 0.1) is 28.3 Å². The van der Waals surface area contributed by atoms with E-state index in [-0.39, 0.29) is 33.4 Å². The molecule has 0 saturated carbocycles. The number of benzene rings is 3. The third-order valence-corrected chi connectivity index (χ3v) is 6.08. The molecule has 0 atom stereocenters. The Bertz CT molecular complexity index is 1580. The summed E-state index contributed by atoms with van der Waals surface area (Å²) in [6.07, 6.45) is -5.65. The standard InChI is InChI=1S/C25H14Cl2F5NO3/c1-11-6-14-21(10-17(11)26)36-24(35)15(23(14)12-2-4-19(29)18(27)7-12)9-22(34)33-20-5-3-13(28)8-16(20)25(30,31)32/h2-8,10H,9H2,1H3,(H,33,34). The van der Waals surface area contributed by atoms with Crippen molar-refractivity contribution in [2.24, 2.45) is 0 Å². The quantitative estimate of drug-likeness (QED) is 0.214. The average Bonchev–Trinajstić information content (AvgIpc) is 2.78. The number of aryl methyl sites for hydroxylation is 1. The number of carbonyl (C=O) groups excluding carboxylic acids is 1. The third kappa shape index (κ3) is 5.08. The second-order valence-electron chi connectivity index (χ2n) is 7.88. The van der Waals surface area contributed by atoms with Crippen LogP contribution in [0.25, 0.3) is 22.1 Å². The summed E-state index contributed by atoms with van der Waals surface area (Å²) in [7, 11) is 0. The Labute approximate surface area is 210 Å². The zero-order valence-corrected chi connectivity index (χ0v) is 19.7. The van der Waals surface area contributed by atoms with Crippen LogP contribution in [-0.4, -0.2) is 5.91 Å². The molecule has 0 radical (unpaired) electrons. The van der Waals surface area contributed by atoms with Crippen LogP contribution in [0.2, 0.25) is 10.0 Å². The first-order chi connectivity index (χ1) is 16.8. The van der Waals surface area contributed by atoms with E-state index in [1.807, 2.05) is 0 Å². The molecular formula is C25H14Cl2F5NO3. The predicted octanol–water partition coefficient (Wildman–Crippen LogP) is 7.55. The fourth-order valence-electron chi connectivity index (χ4n) is 3.73. The van der Waals surface area contributed by atoms with Gasteiger partial charge in [-0.05, 0) is 54.4 Å². The highest BCUT2D eigenvalue weighted by molar-refractivity contribution is 6.32. The second-order valence-corrected chi connectivity index (χ2v) is 8.70. The van der Waals surface area contributed by atoms with E-state index in [4.69, 9.17) is 27.6 Å². The Kier molecular flexibility index (Phi) is 6.81. The zero-order valence-electron chi connectivity index (χ0n) is 18.2. The van der Waals surface area contributed by atoms with Crippen LogP contribution in [0.5, 0.6) is 0 Å². The van der Waals surface area contributed by atoms with Gasteiger partial charge in [0.15, 0.2) is 0 Å². The Hall–Kier alpha value is -3.43. The lowest BCUT2D eigenvalue weighted by Crippen LogP contribution is -2.22. The number of anilines is 1. The second kappa shape index (κ2) is 9.55. The van der Waals surface area contributed by atoms with Crippen LogP contribution in [-0.2, 0) is 17.4 Å². The van der Waals surface area contributed by atoms with Gasteiger partial charge in [0.25, 0.3) is 0 Å². The molecule has 1 aromatic heterocycles. The van der Waals surface area contributed by atoms with Crippen molar-refractivity contribution in [1.82, 2.24) is 0 Å². The SMILES string of the molecule is Cc1cc2c(-c3ccc(F)c(Cl)c3)c(CC(=O)Nc3ccc(F)cc3C(F)(F)F)c(=O)oc2cc1Cl. The van der Waals surface area contributed by atoms with Gasteiger partial charge < -0.3 is 9.73 Å². The van der Waals surface area contributed by atoms with E-state index >= 15 is 0 Å². The number of hydrogen-bond acceptors (Lipinski definition) is 3. The lowest BCUT2D eigenvalue weighted by molar-refractivity contribution is -0.137. The first-order valence-corrected chi connectivity index (χ1v) is 11.0. The Morgan fingerprint density at radius 2 is 1.72 bits per heavy atom. The number of amides is 1. The maximum Gasteiger partial charge on any atom is 0.418 e. The maximum atomic E-state index is 13.8. The first-order valence-electron chi connectivity index (χ1n) is 10.2. The first kappa shape index (κ1) is 25.7. The van der Waals surface area contributed by atoms with Gasteiger partial charge >= 0.3 is 11.8 Å². The molecule has 0 fully saturated rings. The molecule has 3 aromatic carbocycles. The van der Waals surface area contributed by atoms with Gasteiger partial charge in [-0.3, -0.25) is 4.79 Å². The van der Waals surface area contributed by atoms with Gasteiger partial charge in [-0.25, -0.2) is 13.6 Å². The zero-order chi connectivity index (χ0) is 26.4. The van der Waals surface area contributed by atoms with Crippen LogP contribution < -0.4 is 10.9 Å². The van der Waals surface area contributed by atoms with E-state index in [1.54, 1.807) is 13.0 Å². The third-order valence-electron chi connectivity index (χ3n) is 5.39.